The lowest BCUT2D eigenvalue weighted by molar-refractivity contribution is -0.225. The molecule has 6 rings (SSSR count). The Balaban J connectivity index is 1.29. The molecule has 5 aliphatic carbocycles. The molecule has 0 bridgehead atoms. The Morgan fingerprint density at radius 2 is 1.63 bits per heavy atom. The fraction of sp³-hybridized carbons (Fsp3) is 0.721. The molecule has 0 heterocycles. The summed E-state index contributed by atoms with van der Waals surface area (Å²) in [6.07, 6.45) is 12.5. The first-order valence-corrected chi connectivity index (χ1v) is 19.4. The Hall–Kier alpha value is -2.44. The van der Waals surface area contributed by atoms with Crippen molar-refractivity contribution < 1.29 is 19.8 Å². The minimum Gasteiger partial charge on any atom is -0.478 e. The van der Waals surface area contributed by atoms with Crippen molar-refractivity contribution in [2.75, 3.05) is 32.8 Å². The summed E-state index contributed by atoms with van der Waals surface area (Å²) < 4.78 is 0. The molecule has 6 heteroatoms. The van der Waals surface area contributed by atoms with Crippen LogP contribution in [0.3, 0.4) is 0 Å². The first kappa shape index (κ1) is 36.4. The Labute approximate surface area is 296 Å². The maximum atomic E-state index is 14.4. The van der Waals surface area contributed by atoms with Gasteiger partial charge >= 0.3 is 5.97 Å². The minimum atomic E-state index is -0.878. The molecule has 1 aromatic carbocycles. The highest BCUT2D eigenvalue weighted by atomic mass is 16.4. The summed E-state index contributed by atoms with van der Waals surface area (Å²) in [4.78, 5) is 28.2. The molecule has 0 aromatic heterocycles. The average molecular weight is 673 g/mol. The number of aliphatic hydroxyl groups excluding tert-OH is 1. The van der Waals surface area contributed by atoms with E-state index in [-0.39, 0.29) is 39.6 Å². The van der Waals surface area contributed by atoms with Crippen molar-refractivity contribution in [3.05, 3.63) is 53.6 Å². The van der Waals surface area contributed by atoms with Gasteiger partial charge in [-0.3, -0.25) is 9.69 Å². The maximum absolute atomic E-state index is 14.4. The molecule has 0 saturated heterocycles. The third-order valence-corrected chi connectivity index (χ3v) is 16.1. The molecule has 4 fully saturated rings. The molecule has 0 aliphatic heterocycles. The van der Waals surface area contributed by atoms with Gasteiger partial charge in [0.05, 0.1) is 17.6 Å². The fourth-order valence-electron chi connectivity index (χ4n) is 13.5. The topological polar surface area (TPSA) is 89.9 Å². The van der Waals surface area contributed by atoms with E-state index in [1.807, 2.05) is 12.1 Å². The quantitative estimate of drug-likeness (QED) is 0.217. The van der Waals surface area contributed by atoms with Crippen molar-refractivity contribution in [1.82, 2.24) is 10.2 Å². The normalized spacial score (nSPS) is 39.2. The number of amides is 1. The number of hydrogen-bond donors (Lipinski definition) is 3. The first-order valence-electron chi connectivity index (χ1n) is 19.4. The highest BCUT2D eigenvalue weighted by Gasteiger charge is 2.71. The number of likely N-dealkylation sites (N-methyl/N-ethyl adjacent to an activating group) is 1. The second-order valence-electron chi connectivity index (χ2n) is 18.2. The number of carbonyl (C=O) groups excluding carboxylic acids is 1. The van der Waals surface area contributed by atoms with E-state index in [2.05, 4.69) is 71.3 Å². The molecule has 5 aliphatic rings. The Kier molecular flexibility index (Phi) is 9.61. The lowest BCUT2D eigenvalue weighted by Gasteiger charge is -2.72. The van der Waals surface area contributed by atoms with Gasteiger partial charge < -0.3 is 15.5 Å². The van der Waals surface area contributed by atoms with Gasteiger partial charge in [0.2, 0.25) is 5.91 Å². The van der Waals surface area contributed by atoms with Gasteiger partial charge in [-0.25, -0.2) is 4.79 Å². The molecule has 1 amide bonds. The largest absolute Gasteiger partial charge is 0.478 e. The Morgan fingerprint density at radius 1 is 0.918 bits per heavy atom. The van der Waals surface area contributed by atoms with Crippen LogP contribution >= 0.6 is 0 Å². The van der Waals surface area contributed by atoms with Gasteiger partial charge in [0, 0.05) is 19.6 Å². The van der Waals surface area contributed by atoms with Crippen LogP contribution in [0.2, 0.25) is 0 Å². The third-order valence-electron chi connectivity index (χ3n) is 16.1. The molecule has 270 valence electrons. The van der Waals surface area contributed by atoms with Crippen molar-refractivity contribution >= 4 is 17.4 Å². The number of aromatic carboxylic acids is 1. The van der Waals surface area contributed by atoms with E-state index in [4.69, 9.17) is 0 Å². The summed E-state index contributed by atoms with van der Waals surface area (Å²) in [7, 11) is 0. The van der Waals surface area contributed by atoms with Crippen LogP contribution in [0.25, 0.3) is 5.57 Å². The van der Waals surface area contributed by atoms with Gasteiger partial charge in [-0.1, -0.05) is 71.9 Å². The van der Waals surface area contributed by atoms with Gasteiger partial charge in [-0.15, -0.1) is 0 Å². The van der Waals surface area contributed by atoms with E-state index < -0.39 is 5.97 Å². The van der Waals surface area contributed by atoms with Gasteiger partial charge in [-0.05, 0) is 146 Å². The number of benzene rings is 1. The average Bonchev–Trinajstić information content (AvgIpc) is 3.46. The lowest BCUT2D eigenvalue weighted by Crippen LogP contribution is -2.66. The summed E-state index contributed by atoms with van der Waals surface area (Å²) in [6, 6.07) is 7.53. The van der Waals surface area contributed by atoms with Gasteiger partial charge in [0.15, 0.2) is 0 Å². The van der Waals surface area contributed by atoms with Crippen LogP contribution in [0.5, 0.6) is 0 Å². The van der Waals surface area contributed by atoms with E-state index in [1.165, 1.54) is 36.8 Å². The van der Waals surface area contributed by atoms with Crippen LogP contribution in [0, 0.1) is 56.7 Å². The van der Waals surface area contributed by atoms with E-state index in [0.29, 0.717) is 48.2 Å². The number of aliphatic hydroxyl groups is 1. The summed E-state index contributed by atoms with van der Waals surface area (Å²) >= 11 is 0. The third kappa shape index (κ3) is 5.48. The second kappa shape index (κ2) is 13.0. The van der Waals surface area contributed by atoms with E-state index in [1.54, 1.807) is 12.1 Å². The number of carboxylic acids is 1. The predicted octanol–water partition coefficient (Wildman–Crippen LogP) is 8.47. The standard InChI is InChI=1S/C43H64N2O4/c1-9-45(26-27-46)25-24-44-38(49)43-21-16-31(28(2)3)36(43)33-14-15-35-40(6)19-17-32(29-10-12-30(13-11-29)37(47)48)39(4,5)34(40)18-20-42(35,8)41(33,7)22-23-43/h10-13,17,31,33-36,46H,2,9,14-16,18-27H2,1,3-8H3,(H,44,49)(H,47,48). The van der Waals surface area contributed by atoms with Gasteiger partial charge in [-0.2, -0.15) is 0 Å². The molecule has 49 heavy (non-hydrogen) atoms. The van der Waals surface area contributed by atoms with Crippen molar-refractivity contribution in [3.8, 4) is 0 Å². The van der Waals surface area contributed by atoms with Crippen molar-refractivity contribution in [2.24, 2.45) is 56.7 Å². The molecule has 9 atom stereocenters. The van der Waals surface area contributed by atoms with Gasteiger partial charge in [0.25, 0.3) is 0 Å². The summed E-state index contributed by atoms with van der Waals surface area (Å²) in [5, 5.41) is 22.4. The summed E-state index contributed by atoms with van der Waals surface area (Å²) in [5.41, 5.74) is 4.35. The van der Waals surface area contributed by atoms with Crippen molar-refractivity contribution in [1.29, 1.82) is 0 Å². The predicted molar refractivity (Wildman–Crippen MR) is 198 cm³/mol. The van der Waals surface area contributed by atoms with E-state index >= 15 is 0 Å². The molecule has 4 saturated carbocycles. The van der Waals surface area contributed by atoms with Gasteiger partial charge in [0.1, 0.15) is 0 Å². The second-order valence-corrected chi connectivity index (χ2v) is 18.2. The Bertz CT molecular complexity index is 1480. The molecular formula is C43H64N2O4. The van der Waals surface area contributed by atoms with Crippen LogP contribution in [-0.4, -0.2) is 59.8 Å². The van der Waals surface area contributed by atoms with E-state index in [0.717, 1.165) is 50.8 Å². The SMILES string of the molecule is C=C(C)C1CCC2(C(=O)NCCN(CC)CCO)CCC3(C)C(CCC4C5(C)CC=C(c6ccc(C(=O)O)cc6)C(C)(C)C5CCC43C)C12. The number of carboxylic acid groups (broad SMARTS) is 1. The summed E-state index contributed by atoms with van der Waals surface area (Å²) in [6.45, 7) is 24.7. The van der Waals surface area contributed by atoms with Crippen LogP contribution in [-0.2, 0) is 4.79 Å². The highest BCUT2D eigenvalue weighted by Crippen LogP contribution is 2.77. The number of fused-ring (bicyclic) bond motifs is 7. The molecule has 1 aromatic rings. The minimum absolute atomic E-state index is 0.0162. The molecule has 3 N–H and O–H groups in total. The fourth-order valence-corrected chi connectivity index (χ4v) is 13.5. The molecule has 0 radical (unpaired) electrons. The number of carbonyl (C=O) groups is 2. The number of nitrogens with zero attached hydrogens (tertiary/aromatic N) is 1. The van der Waals surface area contributed by atoms with Crippen LogP contribution in [0.1, 0.15) is 122 Å². The molecular weight excluding hydrogens is 608 g/mol. The molecule has 9 unspecified atom stereocenters. The van der Waals surface area contributed by atoms with Crippen molar-refractivity contribution in [2.45, 2.75) is 106 Å². The Morgan fingerprint density at radius 3 is 2.27 bits per heavy atom. The monoisotopic (exact) mass is 672 g/mol. The lowest BCUT2D eigenvalue weighted by atomic mass is 9.32. The van der Waals surface area contributed by atoms with E-state index in [9.17, 15) is 19.8 Å². The molecule has 6 nitrogen and oxygen atoms in total. The number of allylic oxidation sites excluding steroid dienone is 3. The highest BCUT2D eigenvalue weighted by molar-refractivity contribution is 5.88. The van der Waals surface area contributed by atoms with Crippen LogP contribution in [0.4, 0.5) is 0 Å². The zero-order valence-electron chi connectivity index (χ0n) is 31.5. The smallest absolute Gasteiger partial charge is 0.335 e. The van der Waals surface area contributed by atoms with Crippen molar-refractivity contribution in [3.63, 3.8) is 0 Å². The van der Waals surface area contributed by atoms with Crippen LogP contribution < -0.4 is 5.32 Å². The zero-order chi connectivity index (χ0) is 35.6. The zero-order valence-corrected chi connectivity index (χ0v) is 31.5. The van der Waals surface area contributed by atoms with Crippen LogP contribution in [0.15, 0.2) is 42.5 Å². The number of hydrogen-bond acceptors (Lipinski definition) is 4. The number of rotatable bonds is 10. The first-order chi connectivity index (χ1) is 23.1. The maximum Gasteiger partial charge on any atom is 0.335 e. The molecule has 0 spiro atoms. The number of nitrogens with one attached hydrogen (secondary N) is 1. The summed E-state index contributed by atoms with van der Waals surface area (Å²) in [5.74, 6) is 1.81.